The number of fused-ring (bicyclic) bond motifs is 1. The van der Waals surface area contributed by atoms with Gasteiger partial charge in [0.2, 0.25) is 0 Å². The summed E-state index contributed by atoms with van der Waals surface area (Å²) in [5.41, 5.74) is 0.0349. The number of rotatable bonds is 3. The molecule has 1 heterocycles. The Hall–Kier alpha value is -3.23. The molecule has 0 saturated carbocycles. The molecule has 0 unspecified atom stereocenters. The van der Waals surface area contributed by atoms with Gasteiger partial charge in [-0.1, -0.05) is 12.1 Å². The second-order valence-corrected chi connectivity index (χ2v) is 8.36. The number of anilines is 2. The average Bonchev–Trinajstić information content (AvgIpc) is 2.65. The summed E-state index contributed by atoms with van der Waals surface area (Å²) in [6, 6.07) is 8.64. The fourth-order valence-electron chi connectivity index (χ4n) is 3.30. The average molecular weight is 435 g/mol. The van der Waals surface area contributed by atoms with E-state index in [1.165, 1.54) is 11.0 Å². The molecule has 0 aromatic heterocycles. The van der Waals surface area contributed by atoms with Gasteiger partial charge in [-0.25, -0.2) is 4.79 Å². The van der Waals surface area contributed by atoms with Gasteiger partial charge in [-0.05, 0) is 57.5 Å². The number of carbonyl (C=O) groups is 2. The topological polar surface area (TPSA) is 70.7 Å². The van der Waals surface area contributed by atoms with Gasteiger partial charge in [0.15, 0.2) is 6.61 Å². The fraction of sp³-hybridized carbons (Fsp3) is 0.364. The zero-order valence-electron chi connectivity index (χ0n) is 17.6. The van der Waals surface area contributed by atoms with Crippen LogP contribution >= 0.6 is 0 Å². The SMILES string of the molecule is C[C@@H](c1cccc(C(F)(F)F)c1)N1C(=O)COc2cc(NC(=O)NC(C)(C)C)ccc21. The Balaban J connectivity index is 1.88. The molecular formula is C22H24F3N3O3. The van der Waals surface area contributed by atoms with Crippen molar-refractivity contribution in [2.24, 2.45) is 0 Å². The van der Waals surface area contributed by atoms with E-state index < -0.39 is 29.4 Å². The first-order chi connectivity index (χ1) is 14.3. The number of ether oxygens (including phenoxy) is 1. The number of alkyl halides is 3. The molecule has 0 spiro atoms. The summed E-state index contributed by atoms with van der Waals surface area (Å²) in [6.07, 6.45) is -4.48. The van der Waals surface area contributed by atoms with Crippen LogP contribution in [0.5, 0.6) is 5.75 Å². The lowest BCUT2D eigenvalue weighted by molar-refractivity contribution is -0.137. The van der Waals surface area contributed by atoms with Gasteiger partial charge in [0.1, 0.15) is 5.75 Å². The van der Waals surface area contributed by atoms with Gasteiger partial charge in [0.25, 0.3) is 5.91 Å². The van der Waals surface area contributed by atoms with E-state index in [0.29, 0.717) is 22.7 Å². The Morgan fingerprint density at radius 1 is 1.13 bits per heavy atom. The van der Waals surface area contributed by atoms with E-state index in [2.05, 4.69) is 10.6 Å². The third-order valence-electron chi connectivity index (χ3n) is 4.67. The van der Waals surface area contributed by atoms with Crippen molar-refractivity contribution in [3.8, 4) is 5.75 Å². The highest BCUT2D eigenvalue weighted by Crippen LogP contribution is 2.40. The molecule has 0 saturated heterocycles. The van der Waals surface area contributed by atoms with Crippen molar-refractivity contribution in [2.75, 3.05) is 16.8 Å². The molecule has 2 N–H and O–H groups in total. The second-order valence-electron chi connectivity index (χ2n) is 8.36. The summed E-state index contributed by atoms with van der Waals surface area (Å²) < 4.78 is 44.8. The van der Waals surface area contributed by atoms with E-state index >= 15 is 0 Å². The Labute approximate surface area is 178 Å². The van der Waals surface area contributed by atoms with Gasteiger partial charge < -0.3 is 15.4 Å². The lowest BCUT2D eigenvalue weighted by atomic mass is 10.0. The molecule has 2 aromatic carbocycles. The van der Waals surface area contributed by atoms with Crippen molar-refractivity contribution in [3.05, 3.63) is 53.6 Å². The summed E-state index contributed by atoms with van der Waals surface area (Å²) in [5, 5.41) is 5.47. The second kappa shape index (κ2) is 8.13. The molecule has 2 aromatic rings. The minimum Gasteiger partial charge on any atom is -0.481 e. The minimum atomic E-state index is -4.48. The van der Waals surface area contributed by atoms with Crippen LogP contribution in [0.25, 0.3) is 0 Å². The molecule has 3 amide bonds. The largest absolute Gasteiger partial charge is 0.481 e. The smallest absolute Gasteiger partial charge is 0.416 e. The van der Waals surface area contributed by atoms with E-state index in [1.54, 1.807) is 31.2 Å². The Morgan fingerprint density at radius 2 is 1.84 bits per heavy atom. The molecule has 0 radical (unpaired) electrons. The van der Waals surface area contributed by atoms with Crippen LogP contribution in [0.2, 0.25) is 0 Å². The first kappa shape index (κ1) is 22.5. The van der Waals surface area contributed by atoms with Crippen LogP contribution < -0.4 is 20.3 Å². The van der Waals surface area contributed by atoms with E-state index in [9.17, 15) is 22.8 Å². The van der Waals surface area contributed by atoms with Crippen LogP contribution in [0.4, 0.5) is 29.3 Å². The molecule has 9 heteroatoms. The quantitative estimate of drug-likeness (QED) is 0.704. The van der Waals surface area contributed by atoms with Gasteiger partial charge in [-0.15, -0.1) is 0 Å². The molecular weight excluding hydrogens is 411 g/mol. The van der Waals surface area contributed by atoms with Crippen molar-refractivity contribution in [1.29, 1.82) is 0 Å². The number of carbonyl (C=O) groups excluding carboxylic acids is 2. The highest BCUT2D eigenvalue weighted by molar-refractivity contribution is 5.99. The normalized spacial score (nSPS) is 15.1. The summed E-state index contributed by atoms with van der Waals surface area (Å²) in [6.45, 7) is 6.95. The Morgan fingerprint density at radius 3 is 2.48 bits per heavy atom. The Bertz CT molecular complexity index is 999. The molecule has 31 heavy (non-hydrogen) atoms. The molecule has 1 aliphatic heterocycles. The number of hydrogen-bond acceptors (Lipinski definition) is 3. The summed E-state index contributed by atoms with van der Waals surface area (Å²) in [5.74, 6) is -0.0180. The summed E-state index contributed by atoms with van der Waals surface area (Å²) in [4.78, 5) is 26.1. The Kier molecular flexibility index (Phi) is 5.89. The molecule has 0 bridgehead atoms. The number of nitrogens with one attached hydrogen (secondary N) is 2. The standard InChI is InChI=1S/C22H24F3N3O3/c1-13(14-6-5-7-15(10-14)22(23,24)25)28-17-9-8-16(11-18(17)31-12-19(28)29)26-20(30)27-21(2,3)4/h5-11,13H,12H2,1-4H3,(H2,26,27,30)/t13-/m0/s1. The van der Waals surface area contributed by atoms with Crippen LogP contribution in [0.15, 0.2) is 42.5 Å². The van der Waals surface area contributed by atoms with Gasteiger partial charge in [-0.3, -0.25) is 9.69 Å². The van der Waals surface area contributed by atoms with Crippen molar-refractivity contribution in [1.82, 2.24) is 5.32 Å². The lowest BCUT2D eigenvalue weighted by Gasteiger charge is -2.34. The predicted molar refractivity (Wildman–Crippen MR) is 111 cm³/mol. The number of hydrogen-bond donors (Lipinski definition) is 2. The molecule has 0 fully saturated rings. The number of urea groups is 1. The zero-order valence-corrected chi connectivity index (χ0v) is 17.6. The monoisotopic (exact) mass is 435 g/mol. The maximum atomic E-state index is 13.1. The molecule has 1 atom stereocenters. The molecule has 166 valence electrons. The highest BCUT2D eigenvalue weighted by Gasteiger charge is 2.34. The van der Waals surface area contributed by atoms with Crippen LogP contribution in [0, 0.1) is 0 Å². The molecule has 3 rings (SSSR count). The number of benzene rings is 2. The summed E-state index contributed by atoms with van der Waals surface area (Å²) in [7, 11) is 0. The third-order valence-corrected chi connectivity index (χ3v) is 4.67. The zero-order chi connectivity index (χ0) is 23.0. The molecule has 0 aliphatic carbocycles. The number of nitrogens with zero attached hydrogens (tertiary/aromatic N) is 1. The van der Waals surface area contributed by atoms with Crippen LogP contribution in [0.3, 0.4) is 0 Å². The van der Waals surface area contributed by atoms with E-state index in [4.69, 9.17) is 4.74 Å². The molecule has 6 nitrogen and oxygen atoms in total. The van der Waals surface area contributed by atoms with E-state index in [0.717, 1.165) is 12.1 Å². The lowest BCUT2D eigenvalue weighted by Crippen LogP contribution is -2.43. The predicted octanol–water partition coefficient (Wildman–Crippen LogP) is 5.11. The van der Waals surface area contributed by atoms with Crippen molar-refractivity contribution < 1.29 is 27.5 Å². The first-order valence-electron chi connectivity index (χ1n) is 9.70. The van der Waals surface area contributed by atoms with Gasteiger partial charge in [0.05, 0.1) is 17.3 Å². The number of amides is 3. The van der Waals surface area contributed by atoms with Crippen molar-refractivity contribution >= 4 is 23.3 Å². The highest BCUT2D eigenvalue weighted by atomic mass is 19.4. The maximum absolute atomic E-state index is 13.1. The van der Waals surface area contributed by atoms with Crippen LogP contribution in [0.1, 0.15) is 44.9 Å². The maximum Gasteiger partial charge on any atom is 0.416 e. The van der Waals surface area contributed by atoms with Gasteiger partial charge in [-0.2, -0.15) is 13.2 Å². The third kappa shape index (κ3) is 5.28. The first-order valence-corrected chi connectivity index (χ1v) is 9.70. The van der Waals surface area contributed by atoms with Crippen LogP contribution in [-0.2, 0) is 11.0 Å². The van der Waals surface area contributed by atoms with Gasteiger partial charge in [0, 0.05) is 17.3 Å². The fourth-order valence-corrected chi connectivity index (χ4v) is 3.30. The van der Waals surface area contributed by atoms with Crippen molar-refractivity contribution in [3.63, 3.8) is 0 Å². The minimum absolute atomic E-state index is 0.256. The van der Waals surface area contributed by atoms with E-state index in [1.807, 2.05) is 20.8 Å². The van der Waals surface area contributed by atoms with Crippen LogP contribution in [-0.4, -0.2) is 24.1 Å². The summed E-state index contributed by atoms with van der Waals surface area (Å²) >= 11 is 0. The van der Waals surface area contributed by atoms with Gasteiger partial charge >= 0.3 is 12.2 Å². The number of halogens is 3. The molecule has 1 aliphatic rings. The van der Waals surface area contributed by atoms with Crippen molar-refractivity contribution in [2.45, 2.75) is 45.5 Å². The van der Waals surface area contributed by atoms with E-state index in [-0.39, 0.29) is 12.5 Å².